The normalized spacial score (nSPS) is 20.9. The standard InChI is InChI=1S/C13H19F3N2O3S/c1-2-21-18-11-5-3-10(4-6-11)12(9-17)22(19,20)8-7-13(14,15)16/h5,10,12,18H,2-4,6-8H2,1H3. The Morgan fingerprint density at radius 3 is 2.68 bits per heavy atom. The van der Waals surface area contributed by atoms with Gasteiger partial charge in [0.25, 0.3) is 0 Å². The van der Waals surface area contributed by atoms with Crippen LogP contribution in [0, 0.1) is 17.2 Å². The molecule has 0 saturated heterocycles. The second kappa shape index (κ2) is 7.83. The van der Waals surface area contributed by atoms with Crippen molar-refractivity contribution in [1.29, 1.82) is 5.26 Å². The molecule has 0 spiro atoms. The third kappa shape index (κ3) is 5.85. The van der Waals surface area contributed by atoms with Gasteiger partial charge in [-0.3, -0.25) is 10.3 Å². The average molecular weight is 340 g/mol. The molecule has 1 aliphatic rings. The lowest BCUT2D eigenvalue weighted by Crippen LogP contribution is -2.33. The van der Waals surface area contributed by atoms with Crippen LogP contribution in [0.5, 0.6) is 0 Å². The molecule has 0 bridgehead atoms. The predicted octanol–water partition coefficient (Wildman–Crippen LogP) is 2.47. The zero-order valence-corrected chi connectivity index (χ0v) is 13.0. The quantitative estimate of drug-likeness (QED) is 0.720. The van der Waals surface area contributed by atoms with Crippen molar-refractivity contribution in [1.82, 2.24) is 5.48 Å². The van der Waals surface area contributed by atoms with Gasteiger partial charge in [-0.15, -0.1) is 0 Å². The van der Waals surface area contributed by atoms with E-state index in [9.17, 15) is 21.6 Å². The van der Waals surface area contributed by atoms with Crippen molar-refractivity contribution in [3.63, 3.8) is 0 Å². The third-order valence-electron chi connectivity index (χ3n) is 3.41. The molecular weight excluding hydrogens is 321 g/mol. The van der Waals surface area contributed by atoms with Gasteiger partial charge in [-0.1, -0.05) is 6.08 Å². The predicted molar refractivity (Wildman–Crippen MR) is 74.0 cm³/mol. The van der Waals surface area contributed by atoms with E-state index in [4.69, 9.17) is 10.1 Å². The van der Waals surface area contributed by atoms with Gasteiger partial charge in [0.1, 0.15) is 0 Å². The third-order valence-corrected chi connectivity index (χ3v) is 5.45. The van der Waals surface area contributed by atoms with Gasteiger partial charge in [-0.25, -0.2) is 8.42 Å². The van der Waals surface area contributed by atoms with Crippen LogP contribution in [0.2, 0.25) is 0 Å². The van der Waals surface area contributed by atoms with Gasteiger partial charge in [0.15, 0.2) is 15.1 Å². The topological polar surface area (TPSA) is 79.2 Å². The maximum Gasteiger partial charge on any atom is 0.390 e. The summed E-state index contributed by atoms with van der Waals surface area (Å²) in [5, 5.41) is 7.68. The number of alkyl halides is 3. The maximum atomic E-state index is 12.2. The van der Waals surface area contributed by atoms with E-state index in [2.05, 4.69) is 5.48 Å². The Morgan fingerprint density at radius 1 is 1.55 bits per heavy atom. The molecule has 0 amide bonds. The number of nitriles is 1. The van der Waals surface area contributed by atoms with Crippen molar-refractivity contribution in [3.8, 4) is 6.07 Å². The Bertz CT molecular complexity index is 538. The molecule has 0 heterocycles. The van der Waals surface area contributed by atoms with E-state index in [1.807, 2.05) is 0 Å². The summed E-state index contributed by atoms with van der Waals surface area (Å²) in [6.45, 7) is 2.27. The number of sulfone groups is 1. The molecule has 0 fully saturated rings. The molecule has 9 heteroatoms. The summed E-state index contributed by atoms with van der Waals surface area (Å²) in [6.07, 6.45) is -3.01. The summed E-state index contributed by atoms with van der Waals surface area (Å²) in [7, 11) is -4.10. The largest absolute Gasteiger partial charge is 0.390 e. The van der Waals surface area contributed by atoms with E-state index < -0.39 is 39.4 Å². The summed E-state index contributed by atoms with van der Waals surface area (Å²) in [5.74, 6) is -1.53. The summed E-state index contributed by atoms with van der Waals surface area (Å²) in [5.41, 5.74) is 3.51. The molecule has 5 nitrogen and oxygen atoms in total. The monoisotopic (exact) mass is 340 g/mol. The first-order chi connectivity index (χ1) is 10.2. The van der Waals surface area contributed by atoms with Crippen LogP contribution in [-0.4, -0.2) is 32.2 Å². The minimum Gasteiger partial charge on any atom is -0.277 e. The zero-order valence-electron chi connectivity index (χ0n) is 12.2. The van der Waals surface area contributed by atoms with Gasteiger partial charge in [-0.2, -0.15) is 18.4 Å². The number of nitrogens with zero attached hydrogens (tertiary/aromatic N) is 1. The van der Waals surface area contributed by atoms with Gasteiger partial charge in [-0.05, 0) is 32.1 Å². The Morgan fingerprint density at radius 2 is 2.23 bits per heavy atom. The molecule has 0 saturated carbocycles. The number of nitrogens with one attached hydrogen (secondary N) is 1. The minimum absolute atomic E-state index is 0.318. The molecule has 22 heavy (non-hydrogen) atoms. The molecule has 1 aliphatic carbocycles. The first-order valence-electron chi connectivity index (χ1n) is 6.94. The lowest BCUT2D eigenvalue weighted by Gasteiger charge is -2.25. The molecule has 2 atom stereocenters. The van der Waals surface area contributed by atoms with Gasteiger partial charge in [0.2, 0.25) is 0 Å². The highest BCUT2D eigenvalue weighted by atomic mass is 32.2. The van der Waals surface area contributed by atoms with E-state index >= 15 is 0 Å². The van der Waals surface area contributed by atoms with Crippen molar-refractivity contribution < 1.29 is 26.4 Å². The second-order valence-electron chi connectivity index (χ2n) is 5.08. The highest BCUT2D eigenvalue weighted by Gasteiger charge is 2.37. The SMILES string of the molecule is CCONC1=CCC(C(C#N)S(=O)(=O)CCC(F)(F)F)CC1. The maximum absolute atomic E-state index is 12.2. The van der Waals surface area contributed by atoms with Crippen LogP contribution in [0.25, 0.3) is 0 Å². The number of rotatable bonds is 7. The first-order valence-corrected chi connectivity index (χ1v) is 8.66. The first kappa shape index (κ1) is 18.8. The fraction of sp³-hybridized carbons (Fsp3) is 0.769. The van der Waals surface area contributed by atoms with Crippen LogP contribution < -0.4 is 5.48 Å². The van der Waals surface area contributed by atoms with Crippen molar-refractivity contribution in [3.05, 3.63) is 11.8 Å². The molecule has 0 radical (unpaired) electrons. The van der Waals surface area contributed by atoms with Crippen molar-refractivity contribution in [2.24, 2.45) is 5.92 Å². The van der Waals surface area contributed by atoms with Gasteiger partial charge in [0, 0.05) is 5.70 Å². The highest BCUT2D eigenvalue weighted by Crippen LogP contribution is 2.30. The molecule has 0 aliphatic heterocycles. The minimum atomic E-state index is -4.55. The van der Waals surface area contributed by atoms with Crippen LogP contribution in [-0.2, 0) is 14.7 Å². The van der Waals surface area contributed by atoms with Crippen LogP contribution in [0.1, 0.15) is 32.6 Å². The molecule has 1 N–H and O–H groups in total. The van der Waals surface area contributed by atoms with Crippen LogP contribution >= 0.6 is 0 Å². The van der Waals surface area contributed by atoms with Crippen LogP contribution in [0.15, 0.2) is 11.8 Å². The lowest BCUT2D eigenvalue weighted by molar-refractivity contribution is -0.129. The van der Waals surface area contributed by atoms with Crippen molar-refractivity contribution >= 4 is 9.84 Å². The van der Waals surface area contributed by atoms with E-state index in [0.717, 1.165) is 5.70 Å². The molecule has 0 aromatic rings. The Balaban J connectivity index is 2.69. The number of hydrogen-bond acceptors (Lipinski definition) is 5. The highest BCUT2D eigenvalue weighted by molar-refractivity contribution is 7.92. The van der Waals surface area contributed by atoms with Gasteiger partial charge >= 0.3 is 6.18 Å². The molecule has 0 aromatic carbocycles. The van der Waals surface area contributed by atoms with E-state index in [1.165, 1.54) is 0 Å². The van der Waals surface area contributed by atoms with Crippen LogP contribution in [0.3, 0.4) is 0 Å². The average Bonchev–Trinajstić information content (AvgIpc) is 2.44. The molecular formula is C13H19F3N2O3S. The van der Waals surface area contributed by atoms with Crippen molar-refractivity contribution in [2.75, 3.05) is 12.4 Å². The lowest BCUT2D eigenvalue weighted by atomic mass is 9.90. The Labute approximate surface area is 128 Å². The Hall–Kier alpha value is -1.27. The summed E-state index contributed by atoms with van der Waals surface area (Å²) in [4.78, 5) is 5.01. The van der Waals surface area contributed by atoms with E-state index in [-0.39, 0.29) is 0 Å². The van der Waals surface area contributed by atoms with E-state index in [0.29, 0.717) is 25.9 Å². The fourth-order valence-corrected chi connectivity index (χ4v) is 4.01. The smallest absolute Gasteiger partial charge is 0.277 e. The van der Waals surface area contributed by atoms with Gasteiger partial charge in [0.05, 0.1) is 24.8 Å². The zero-order chi connectivity index (χ0) is 16.8. The van der Waals surface area contributed by atoms with Crippen molar-refractivity contribution in [2.45, 2.75) is 44.0 Å². The van der Waals surface area contributed by atoms with E-state index in [1.54, 1.807) is 19.1 Å². The second-order valence-corrected chi connectivity index (χ2v) is 7.32. The van der Waals surface area contributed by atoms with Crippen LogP contribution in [0.4, 0.5) is 13.2 Å². The molecule has 1 rings (SSSR count). The summed E-state index contributed by atoms with van der Waals surface area (Å²) >= 11 is 0. The fourth-order valence-electron chi connectivity index (χ4n) is 2.25. The summed E-state index contributed by atoms with van der Waals surface area (Å²) in [6, 6.07) is 1.67. The number of allylic oxidation sites excluding steroid dienone is 2. The van der Waals surface area contributed by atoms with Gasteiger partial charge < -0.3 is 0 Å². The number of hydrogen-bond donors (Lipinski definition) is 1. The summed E-state index contributed by atoms with van der Waals surface area (Å²) < 4.78 is 60.5. The Kier molecular flexibility index (Phi) is 6.68. The number of hydroxylamine groups is 1. The number of halogens is 3. The molecule has 126 valence electrons. The molecule has 2 unspecified atom stereocenters. The molecule has 0 aromatic heterocycles.